The van der Waals surface area contributed by atoms with Crippen LogP contribution in [0.15, 0.2) is 48.7 Å². The Labute approximate surface area is 180 Å². The first-order valence-corrected chi connectivity index (χ1v) is 9.94. The third kappa shape index (κ3) is 3.06. The molecule has 31 heavy (non-hydrogen) atoms. The number of methoxy groups -OCH3 is 1. The molecule has 2 aromatic heterocycles. The van der Waals surface area contributed by atoms with Crippen LogP contribution >= 0.6 is 11.6 Å². The first-order chi connectivity index (χ1) is 14.9. The molecule has 2 aliphatic rings. The molecule has 0 amide bonds. The van der Waals surface area contributed by atoms with Crippen LogP contribution in [0.5, 0.6) is 5.88 Å². The van der Waals surface area contributed by atoms with Crippen molar-refractivity contribution in [3.8, 4) is 11.6 Å². The number of alkyl halides is 2. The van der Waals surface area contributed by atoms with Crippen LogP contribution < -0.4 is 9.64 Å². The summed E-state index contributed by atoms with van der Waals surface area (Å²) >= 11 is 6.35. The second-order valence-corrected chi connectivity index (χ2v) is 7.97. The van der Waals surface area contributed by atoms with Gasteiger partial charge in [0.2, 0.25) is 17.7 Å². The average molecular weight is 448 g/mol. The molecule has 0 spiro atoms. The van der Waals surface area contributed by atoms with Gasteiger partial charge in [-0.2, -0.15) is 0 Å². The highest BCUT2D eigenvalue weighted by Crippen LogP contribution is 2.50. The number of fused-ring (bicyclic) bond motifs is 1. The highest BCUT2D eigenvalue weighted by atomic mass is 35.5. The molecule has 0 N–H and O–H groups in total. The molecule has 1 saturated heterocycles. The van der Waals surface area contributed by atoms with Gasteiger partial charge in [-0.05, 0) is 23.8 Å². The number of pyridine rings is 1. The average Bonchev–Trinajstić information content (AvgIpc) is 3.29. The molecule has 1 aromatic carbocycles. The van der Waals surface area contributed by atoms with E-state index in [4.69, 9.17) is 16.3 Å². The van der Waals surface area contributed by atoms with Crippen LogP contribution in [0.1, 0.15) is 17.8 Å². The summed E-state index contributed by atoms with van der Waals surface area (Å²) in [6, 6.07) is 7.56. The van der Waals surface area contributed by atoms with E-state index in [1.165, 1.54) is 30.0 Å². The second kappa shape index (κ2) is 7.26. The van der Waals surface area contributed by atoms with Gasteiger partial charge in [0, 0.05) is 35.5 Å². The van der Waals surface area contributed by atoms with Gasteiger partial charge >= 0.3 is 0 Å². The van der Waals surface area contributed by atoms with Crippen molar-refractivity contribution in [2.75, 3.05) is 25.1 Å². The van der Waals surface area contributed by atoms with E-state index in [2.05, 4.69) is 15.2 Å². The minimum Gasteiger partial charge on any atom is -0.481 e. The lowest BCUT2D eigenvalue weighted by molar-refractivity contribution is 0.138. The number of aromatic nitrogens is 4. The zero-order valence-electron chi connectivity index (χ0n) is 16.3. The number of benzene rings is 1. The number of anilines is 1. The van der Waals surface area contributed by atoms with Crippen molar-refractivity contribution in [1.82, 2.24) is 19.7 Å². The zero-order valence-corrected chi connectivity index (χ0v) is 17.1. The fourth-order valence-electron chi connectivity index (χ4n) is 4.38. The van der Waals surface area contributed by atoms with Gasteiger partial charge in [0.05, 0.1) is 19.0 Å². The maximum absolute atomic E-state index is 13.7. The molecular formula is C21H17ClF3N5O. The largest absolute Gasteiger partial charge is 0.481 e. The van der Waals surface area contributed by atoms with E-state index in [1.807, 2.05) is 17.1 Å². The lowest BCUT2D eigenvalue weighted by Crippen LogP contribution is -2.38. The molecule has 0 bridgehead atoms. The summed E-state index contributed by atoms with van der Waals surface area (Å²) in [5.74, 6) is -0.137. The molecule has 3 heterocycles. The first-order valence-electron chi connectivity index (χ1n) is 9.56. The fourth-order valence-corrected chi connectivity index (χ4v) is 4.72. The quantitative estimate of drug-likeness (QED) is 0.544. The van der Waals surface area contributed by atoms with Crippen LogP contribution in [-0.4, -0.2) is 39.9 Å². The van der Waals surface area contributed by atoms with Crippen molar-refractivity contribution in [2.45, 2.75) is 11.8 Å². The van der Waals surface area contributed by atoms with E-state index in [0.29, 0.717) is 29.7 Å². The summed E-state index contributed by atoms with van der Waals surface area (Å²) < 4.78 is 47.3. The normalized spacial score (nSPS) is 22.0. The molecule has 1 aliphatic heterocycles. The van der Waals surface area contributed by atoms with E-state index in [9.17, 15) is 13.2 Å². The third-order valence-corrected chi connectivity index (χ3v) is 6.24. The molecule has 0 saturated carbocycles. The van der Waals surface area contributed by atoms with Crippen molar-refractivity contribution in [2.24, 2.45) is 5.92 Å². The number of halogens is 4. The maximum atomic E-state index is 13.7. The van der Waals surface area contributed by atoms with Crippen LogP contribution in [0.2, 0.25) is 5.02 Å². The minimum absolute atomic E-state index is 0.0876. The summed E-state index contributed by atoms with van der Waals surface area (Å²) in [5, 5.41) is 8.15. The Balaban J connectivity index is 1.54. The third-order valence-electron chi connectivity index (χ3n) is 5.93. The SMILES string of the molecule is COc1ccc(-n2c(C(F)F)nnc2N2C[C@@H]3C=C[C@]3(c3ccc(F)cc3Cl)C2)cn1. The highest BCUT2D eigenvalue weighted by molar-refractivity contribution is 6.31. The summed E-state index contributed by atoms with van der Waals surface area (Å²) in [5.41, 5.74) is 0.763. The number of hydrogen-bond acceptors (Lipinski definition) is 5. The Morgan fingerprint density at radius 3 is 2.68 bits per heavy atom. The predicted octanol–water partition coefficient (Wildman–Crippen LogP) is 4.35. The molecule has 3 aromatic rings. The Hall–Kier alpha value is -3.07. The smallest absolute Gasteiger partial charge is 0.297 e. The van der Waals surface area contributed by atoms with E-state index in [0.717, 1.165) is 5.56 Å². The van der Waals surface area contributed by atoms with E-state index in [-0.39, 0.29) is 11.9 Å². The van der Waals surface area contributed by atoms with Crippen LogP contribution in [0.25, 0.3) is 5.69 Å². The molecule has 1 fully saturated rings. The lowest BCUT2D eigenvalue weighted by atomic mass is 9.65. The summed E-state index contributed by atoms with van der Waals surface area (Å²) in [7, 11) is 1.48. The van der Waals surface area contributed by atoms with Gasteiger partial charge in [0.25, 0.3) is 6.43 Å². The molecule has 6 nitrogen and oxygen atoms in total. The summed E-state index contributed by atoms with van der Waals surface area (Å²) in [4.78, 5) is 6.01. The molecule has 0 unspecified atom stereocenters. The van der Waals surface area contributed by atoms with Crippen LogP contribution in [0.3, 0.4) is 0 Å². The van der Waals surface area contributed by atoms with E-state index in [1.54, 1.807) is 18.2 Å². The predicted molar refractivity (Wildman–Crippen MR) is 109 cm³/mol. The summed E-state index contributed by atoms with van der Waals surface area (Å²) in [6.07, 6.45) is 2.69. The molecule has 10 heteroatoms. The maximum Gasteiger partial charge on any atom is 0.297 e. The number of rotatable bonds is 5. The molecule has 1 aliphatic carbocycles. The van der Waals surface area contributed by atoms with Crippen LogP contribution in [-0.2, 0) is 5.41 Å². The number of hydrogen-bond donors (Lipinski definition) is 0. The molecule has 160 valence electrons. The van der Waals surface area contributed by atoms with Crippen molar-refractivity contribution in [1.29, 1.82) is 0 Å². The van der Waals surface area contributed by atoms with Crippen molar-refractivity contribution < 1.29 is 17.9 Å². The van der Waals surface area contributed by atoms with Gasteiger partial charge in [-0.1, -0.05) is 29.8 Å². The van der Waals surface area contributed by atoms with Crippen molar-refractivity contribution in [3.05, 3.63) is 70.9 Å². The van der Waals surface area contributed by atoms with Gasteiger partial charge in [-0.15, -0.1) is 10.2 Å². The molecule has 2 atom stereocenters. The van der Waals surface area contributed by atoms with E-state index >= 15 is 0 Å². The van der Waals surface area contributed by atoms with Crippen molar-refractivity contribution >= 4 is 17.5 Å². The minimum atomic E-state index is -2.82. The molecule has 5 rings (SSSR count). The van der Waals surface area contributed by atoms with Crippen LogP contribution in [0.4, 0.5) is 19.1 Å². The van der Waals surface area contributed by atoms with Crippen LogP contribution in [0, 0.1) is 11.7 Å². The van der Waals surface area contributed by atoms with Gasteiger partial charge in [-0.25, -0.2) is 18.2 Å². The standard InChI is InChI=1S/C21H17ClF3N5O/c1-31-17-5-3-14(9-26-17)30-19(18(24)25)27-28-20(30)29-10-12-6-7-21(12,11-29)15-4-2-13(23)8-16(15)22/h2-9,12,18H,10-11H2,1H3/t12-,21-/m0/s1. The Kier molecular flexibility index (Phi) is 4.65. The van der Waals surface area contributed by atoms with Gasteiger partial charge in [0.15, 0.2) is 0 Å². The monoisotopic (exact) mass is 447 g/mol. The van der Waals surface area contributed by atoms with Crippen molar-refractivity contribution in [3.63, 3.8) is 0 Å². The summed E-state index contributed by atoms with van der Waals surface area (Å²) in [6.45, 7) is 0.986. The Bertz CT molecular complexity index is 1170. The highest BCUT2D eigenvalue weighted by Gasteiger charge is 2.52. The Morgan fingerprint density at radius 1 is 1.23 bits per heavy atom. The Morgan fingerprint density at radius 2 is 2.06 bits per heavy atom. The topological polar surface area (TPSA) is 56.1 Å². The zero-order chi connectivity index (χ0) is 21.8. The molecular weight excluding hydrogens is 431 g/mol. The first kappa shape index (κ1) is 19.9. The van der Waals surface area contributed by atoms with Gasteiger partial charge < -0.3 is 9.64 Å². The second-order valence-electron chi connectivity index (χ2n) is 7.56. The lowest BCUT2D eigenvalue weighted by Gasteiger charge is -2.38. The fraction of sp³-hybridized carbons (Fsp3) is 0.286. The van der Waals surface area contributed by atoms with Gasteiger partial charge in [-0.3, -0.25) is 4.57 Å². The number of nitrogens with zero attached hydrogens (tertiary/aromatic N) is 5. The van der Waals surface area contributed by atoms with Gasteiger partial charge in [0.1, 0.15) is 5.82 Å². The van der Waals surface area contributed by atoms with E-state index < -0.39 is 23.5 Å². The number of ether oxygens (including phenoxy) is 1. The molecule has 0 radical (unpaired) electrons.